The molecule has 0 spiro atoms. The van der Waals surface area contributed by atoms with E-state index in [-0.39, 0.29) is 5.60 Å². The summed E-state index contributed by atoms with van der Waals surface area (Å²) >= 11 is 0. The molecule has 13 heavy (non-hydrogen) atoms. The smallest absolute Gasteiger partial charge is 0.0651 e. The normalized spacial score (nSPS) is 16.2. The lowest BCUT2D eigenvalue weighted by Gasteiger charge is -2.28. The van der Waals surface area contributed by atoms with Crippen LogP contribution >= 0.6 is 0 Å². The Bertz CT molecular complexity index is 120. The third-order valence-electron chi connectivity index (χ3n) is 2.73. The van der Waals surface area contributed by atoms with Gasteiger partial charge in [-0.05, 0) is 32.6 Å². The van der Waals surface area contributed by atoms with Gasteiger partial charge in [-0.15, -0.1) is 0 Å². The average Bonchev–Trinajstić information content (AvgIpc) is 2.04. The largest absolute Gasteiger partial charge is 0.376 e. The van der Waals surface area contributed by atoms with E-state index in [9.17, 15) is 0 Å². The van der Waals surface area contributed by atoms with Crippen LogP contribution in [-0.2, 0) is 4.74 Å². The molecular weight excluding hydrogens is 160 g/mol. The Kier molecular flexibility index (Phi) is 6.40. The minimum Gasteiger partial charge on any atom is -0.376 e. The van der Waals surface area contributed by atoms with Gasteiger partial charge in [0.1, 0.15) is 0 Å². The van der Waals surface area contributed by atoms with Crippen LogP contribution in [0.2, 0.25) is 0 Å². The number of rotatable bonds is 7. The van der Waals surface area contributed by atoms with Gasteiger partial charge in [0.05, 0.1) is 5.60 Å². The first-order valence-electron chi connectivity index (χ1n) is 5.68. The zero-order valence-electron chi connectivity index (χ0n) is 10.0. The van der Waals surface area contributed by atoms with Crippen LogP contribution < -0.4 is 0 Å². The lowest BCUT2D eigenvalue weighted by molar-refractivity contribution is -0.0356. The van der Waals surface area contributed by atoms with Gasteiger partial charge in [0.25, 0.3) is 0 Å². The zero-order valence-corrected chi connectivity index (χ0v) is 10.0. The molecule has 0 heterocycles. The summed E-state index contributed by atoms with van der Waals surface area (Å²) in [6.07, 6.45) is 4.94. The molecule has 80 valence electrons. The topological polar surface area (TPSA) is 9.23 Å². The molecule has 1 nitrogen and oxygen atoms in total. The third kappa shape index (κ3) is 6.09. The maximum absolute atomic E-state index is 5.76. The van der Waals surface area contributed by atoms with E-state index in [1.807, 2.05) is 0 Å². The van der Waals surface area contributed by atoms with E-state index in [1.165, 1.54) is 19.3 Å². The Morgan fingerprint density at radius 3 is 2.23 bits per heavy atom. The Balaban J connectivity index is 3.69. The van der Waals surface area contributed by atoms with Crippen LogP contribution in [0, 0.1) is 5.92 Å². The van der Waals surface area contributed by atoms with Gasteiger partial charge in [0, 0.05) is 6.61 Å². The molecule has 0 rings (SSSR count). The highest BCUT2D eigenvalue weighted by molar-refractivity contribution is 4.73. The maximum Gasteiger partial charge on any atom is 0.0651 e. The molecule has 0 aliphatic carbocycles. The Morgan fingerprint density at radius 2 is 1.85 bits per heavy atom. The van der Waals surface area contributed by atoms with Crippen LogP contribution in [0.5, 0.6) is 0 Å². The summed E-state index contributed by atoms with van der Waals surface area (Å²) in [6, 6.07) is 0. The lowest BCUT2D eigenvalue weighted by atomic mass is 9.93. The number of hydrogen-bond acceptors (Lipinski definition) is 1. The molecule has 0 saturated heterocycles. The molecule has 0 aromatic carbocycles. The van der Waals surface area contributed by atoms with E-state index in [0.717, 1.165) is 18.9 Å². The first kappa shape index (κ1) is 13.0. The van der Waals surface area contributed by atoms with Crippen LogP contribution in [0.4, 0.5) is 0 Å². The van der Waals surface area contributed by atoms with Crippen molar-refractivity contribution >= 4 is 0 Å². The summed E-state index contributed by atoms with van der Waals surface area (Å²) in [5.74, 6) is 0.822. The van der Waals surface area contributed by atoms with Gasteiger partial charge in [-0.3, -0.25) is 0 Å². The summed E-state index contributed by atoms with van der Waals surface area (Å²) < 4.78 is 5.76. The molecule has 0 bridgehead atoms. The SMILES string of the molecule is CCOC(C)(CC)CCCC(C)C. The van der Waals surface area contributed by atoms with Crippen LogP contribution in [0.15, 0.2) is 0 Å². The first-order chi connectivity index (χ1) is 6.04. The highest BCUT2D eigenvalue weighted by Crippen LogP contribution is 2.23. The standard InChI is InChI=1S/C12H26O/c1-6-12(5,13-7-2)10-8-9-11(3)4/h11H,6-10H2,1-5H3. The highest BCUT2D eigenvalue weighted by atomic mass is 16.5. The predicted molar refractivity (Wildman–Crippen MR) is 59.0 cm³/mol. The zero-order chi connectivity index (χ0) is 10.3. The monoisotopic (exact) mass is 186 g/mol. The van der Waals surface area contributed by atoms with Crippen molar-refractivity contribution in [2.45, 2.75) is 65.9 Å². The quantitative estimate of drug-likeness (QED) is 0.583. The van der Waals surface area contributed by atoms with Crippen LogP contribution in [-0.4, -0.2) is 12.2 Å². The van der Waals surface area contributed by atoms with Crippen molar-refractivity contribution in [2.75, 3.05) is 6.61 Å². The summed E-state index contributed by atoms with van der Waals surface area (Å²) in [6.45, 7) is 11.9. The number of hydrogen-bond donors (Lipinski definition) is 0. The second-order valence-corrected chi connectivity index (χ2v) is 4.52. The fourth-order valence-corrected chi connectivity index (χ4v) is 1.58. The molecule has 0 amide bonds. The van der Waals surface area contributed by atoms with Gasteiger partial charge in [0.2, 0.25) is 0 Å². The summed E-state index contributed by atoms with van der Waals surface area (Å²) in [7, 11) is 0. The molecule has 1 atom stereocenters. The van der Waals surface area contributed by atoms with E-state index in [0.29, 0.717) is 0 Å². The van der Waals surface area contributed by atoms with Crippen LogP contribution in [0.3, 0.4) is 0 Å². The van der Waals surface area contributed by atoms with Gasteiger partial charge >= 0.3 is 0 Å². The van der Waals surface area contributed by atoms with Crippen molar-refractivity contribution in [1.29, 1.82) is 0 Å². The summed E-state index contributed by atoms with van der Waals surface area (Å²) in [4.78, 5) is 0. The fourth-order valence-electron chi connectivity index (χ4n) is 1.58. The molecule has 1 unspecified atom stereocenters. The third-order valence-corrected chi connectivity index (χ3v) is 2.73. The van der Waals surface area contributed by atoms with Crippen molar-refractivity contribution in [1.82, 2.24) is 0 Å². The molecule has 0 saturated carbocycles. The Hall–Kier alpha value is -0.0400. The lowest BCUT2D eigenvalue weighted by Crippen LogP contribution is -2.27. The van der Waals surface area contributed by atoms with E-state index in [2.05, 4.69) is 34.6 Å². The molecule has 0 aromatic heterocycles. The summed E-state index contributed by atoms with van der Waals surface area (Å²) in [5, 5.41) is 0. The van der Waals surface area contributed by atoms with E-state index < -0.39 is 0 Å². The average molecular weight is 186 g/mol. The van der Waals surface area contributed by atoms with Crippen molar-refractivity contribution in [3.63, 3.8) is 0 Å². The van der Waals surface area contributed by atoms with E-state index >= 15 is 0 Å². The van der Waals surface area contributed by atoms with Crippen molar-refractivity contribution in [3.05, 3.63) is 0 Å². The minimum absolute atomic E-state index is 0.129. The predicted octanol–water partition coefficient (Wildman–Crippen LogP) is 4.02. The van der Waals surface area contributed by atoms with E-state index in [4.69, 9.17) is 4.74 Å². The molecule has 1 heteroatoms. The van der Waals surface area contributed by atoms with Gasteiger partial charge < -0.3 is 4.74 Å². The van der Waals surface area contributed by atoms with Gasteiger partial charge in [0.15, 0.2) is 0 Å². The van der Waals surface area contributed by atoms with Gasteiger partial charge in [-0.2, -0.15) is 0 Å². The van der Waals surface area contributed by atoms with Crippen LogP contribution in [0.25, 0.3) is 0 Å². The van der Waals surface area contributed by atoms with Crippen molar-refractivity contribution in [2.24, 2.45) is 5.92 Å². The van der Waals surface area contributed by atoms with Crippen molar-refractivity contribution in [3.8, 4) is 0 Å². The first-order valence-corrected chi connectivity index (χ1v) is 5.68. The molecule has 0 aromatic rings. The van der Waals surface area contributed by atoms with Crippen LogP contribution in [0.1, 0.15) is 60.3 Å². The summed E-state index contributed by atoms with van der Waals surface area (Å²) in [5.41, 5.74) is 0.129. The molecule has 0 aliphatic heterocycles. The highest BCUT2D eigenvalue weighted by Gasteiger charge is 2.21. The second-order valence-electron chi connectivity index (χ2n) is 4.52. The van der Waals surface area contributed by atoms with Gasteiger partial charge in [-0.25, -0.2) is 0 Å². The maximum atomic E-state index is 5.76. The Morgan fingerprint density at radius 1 is 1.23 bits per heavy atom. The molecule has 0 fully saturated rings. The second kappa shape index (κ2) is 6.42. The molecule has 0 radical (unpaired) electrons. The minimum atomic E-state index is 0.129. The van der Waals surface area contributed by atoms with E-state index in [1.54, 1.807) is 0 Å². The fraction of sp³-hybridized carbons (Fsp3) is 1.00. The number of ether oxygens (including phenoxy) is 1. The molecule has 0 N–H and O–H groups in total. The van der Waals surface area contributed by atoms with Crippen molar-refractivity contribution < 1.29 is 4.74 Å². The Labute approximate surface area is 83.9 Å². The van der Waals surface area contributed by atoms with Gasteiger partial charge in [-0.1, -0.05) is 33.6 Å². The molecule has 0 aliphatic rings. The molecular formula is C12H26O.